The fourth-order valence-electron chi connectivity index (χ4n) is 8.00. The number of halogens is 1. The number of ether oxygens (including phenoxy) is 1. The third-order valence-corrected chi connectivity index (χ3v) is 10.9. The maximum absolute atomic E-state index is 15.3. The minimum atomic E-state index is -0.474. The lowest BCUT2D eigenvalue weighted by Gasteiger charge is -2.40. The summed E-state index contributed by atoms with van der Waals surface area (Å²) in [5.74, 6) is -0.907. The number of aromatic nitrogens is 3. The number of phenolic OH excluding ortho intramolecular Hbond substituents is 1. The minimum absolute atomic E-state index is 0.0751. The number of morpholine rings is 1. The number of pyridine rings is 1. The first-order chi connectivity index (χ1) is 26.2. The smallest absolute Gasteiger partial charge is 0.264 e. The molecule has 2 amide bonds. The molecule has 0 bridgehead atoms. The Bertz CT molecular complexity index is 2360. The Labute approximate surface area is 313 Å². The van der Waals surface area contributed by atoms with Gasteiger partial charge in [-0.2, -0.15) is 0 Å². The van der Waals surface area contributed by atoms with E-state index in [1.807, 2.05) is 65.4 Å². The first-order valence-corrected chi connectivity index (χ1v) is 18.4. The van der Waals surface area contributed by atoms with E-state index in [9.17, 15) is 14.7 Å². The highest BCUT2D eigenvalue weighted by molar-refractivity contribution is 6.13. The molecule has 8 rings (SSSR count). The molecule has 1 atom stereocenters. The van der Waals surface area contributed by atoms with Gasteiger partial charge in [-0.15, -0.1) is 0 Å². The van der Waals surface area contributed by atoms with E-state index in [4.69, 9.17) is 4.74 Å². The Morgan fingerprint density at radius 3 is 2.46 bits per heavy atom. The lowest BCUT2D eigenvalue weighted by Crippen LogP contribution is -2.52. The van der Waals surface area contributed by atoms with Crippen LogP contribution in [0.1, 0.15) is 44.5 Å². The molecular weight excluding hydrogens is 684 g/mol. The second-order valence-corrected chi connectivity index (χ2v) is 14.1. The third-order valence-electron chi connectivity index (χ3n) is 10.9. The number of phenols is 1. The van der Waals surface area contributed by atoms with E-state index >= 15 is 4.39 Å². The predicted molar refractivity (Wildman–Crippen MR) is 207 cm³/mol. The van der Waals surface area contributed by atoms with Crippen molar-refractivity contribution in [1.29, 1.82) is 0 Å². The van der Waals surface area contributed by atoms with Gasteiger partial charge in [0.25, 0.3) is 11.8 Å². The van der Waals surface area contributed by atoms with E-state index < -0.39 is 5.82 Å². The van der Waals surface area contributed by atoms with Crippen molar-refractivity contribution in [2.75, 3.05) is 37.7 Å². The SMILES string of the molecule is CCn1c(-c2cc(F)ccc2C(=O)N2Cc3ccccc3C[C@H]2CN2CCOCC2)cc(C(=O)N(c2ccc(O)cc2)c2cnc3c(ccn3C)c2)c1C. The van der Waals surface area contributed by atoms with Crippen molar-refractivity contribution >= 4 is 34.2 Å². The second-order valence-electron chi connectivity index (χ2n) is 14.1. The normalized spacial score (nSPS) is 16.1. The van der Waals surface area contributed by atoms with Crippen LogP contribution in [0.4, 0.5) is 15.8 Å². The summed E-state index contributed by atoms with van der Waals surface area (Å²) in [5, 5.41) is 11.0. The Morgan fingerprint density at radius 2 is 1.70 bits per heavy atom. The summed E-state index contributed by atoms with van der Waals surface area (Å²) < 4.78 is 24.8. The first kappa shape index (κ1) is 35.3. The molecule has 2 aliphatic rings. The number of carbonyl (C=O) groups excluding carboxylic acids is 2. The number of benzene rings is 3. The van der Waals surface area contributed by atoms with E-state index in [1.54, 1.807) is 35.4 Å². The molecule has 5 heterocycles. The molecule has 276 valence electrons. The number of carbonyl (C=O) groups is 2. The van der Waals surface area contributed by atoms with Crippen molar-refractivity contribution in [3.8, 4) is 17.0 Å². The summed E-state index contributed by atoms with van der Waals surface area (Å²) in [6.45, 7) is 8.40. The van der Waals surface area contributed by atoms with Gasteiger partial charge in [0.1, 0.15) is 17.2 Å². The average molecular weight is 727 g/mol. The fraction of sp³-hybridized carbons (Fsp3) is 0.279. The zero-order valence-electron chi connectivity index (χ0n) is 30.7. The molecule has 0 spiro atoms. The predicted octanol–water partition coefficient (Wildman–Crippen LogP) is 7.09. The van der Waals surface area contributed by atoms with Crippen LogP contribution in [0.15, 0.2) is 97.3 Å². The van der Waals surface area contributed by atoms with Gasteiger partial charge >= 0.3 is 0 Å². The van der Waals surface area contributed by atoms with E-state index in [0.717, 1.165) is 36.1 Å². The highest BCUT2D eigenvalue weighted by Gasteiger charge is 2.34. The second kappa shape index (κ2) is 14.6. The molecule has 1 N–H and O–H groups in total. The molecule has 3 aromatic heterocycles. The van der Waals surface area contributed by atoms with Gasteiger partial charge < -0.3 is 23.9 Å². The topological polar surface area (TPSA) is 96.1 Å². The molecule has 0 saturated carbocycles. The van der Waals surface area contributed by atoms with Crippen molar-refractivity contribution in [3.05, 3.63) is 131 Å². The van der Waals surface area contributed by atoms with Crippen molar-refractivity contribution in [3.63, 3.8) is 0 Å². The summed E-state index contributed by atoms with van der Waals surface area (Å²) in [7, 11) is 1.91. The average Bonchev–Trinajstić information content (AvgIpc) is 3.73. The lowest BCUT2D eigenvalue weighted by molar-refractivity contribution is 0.0193. The van der Waals surface area contributed by atoms with Crippen molar-refractivity contribution in [2.24, 2.45) is 7.05 Å². The van der Waals surface area contributed by atoms with Crippen molar-refractivity contribution in [2.45, 2.75) is 39.4 Å². The quantitative estimate of drug-likeness (QED) is 0.180. The Hall–Kier alpha value is -5.78. The van der Waals surface area contributed by atoms with Crippen molar-refractivity contribution in [1.82, 2.24) is 23.9 Å². The monoisotopic (exact) mass is 726 g/mol. The van der Waals surface area contributed by atoms with Crippen LogP contribution in [0.5, 0.6) is 5.75 Å². The van der Waals surface area contributed by atoms with Gasteiger partial charge in [-0.1, -0.05) is 24.3 Å². The molecule has 54 heavy (non-hydrogen) atoms. The van der Waals surface area contributed by atoms with Crippen LogP contribution in [-0.2, 0) is 31.3 Å². The number of aromatic hydroxyl groups is 1. The number of amides is 2. The minimum Gasteiger partial charge on any atom is -0.508 e. The van der Waals surface area contributed by atoms with Gasteiger partial charge in [0, 0.05) is 85.6 Å². The Morgan fingerprint density at radius 1 is 0.944 bits per heavy atom. The van der Waals surface area contributed by atoms with E-state index in [0.29, 0.717) is 72.3 Å². The number of anilines is 2. The molecule has 0 aliphatic carbocycles. The molecule has 1 fully saturated rings. The van der Waals surface area contributed by atoms with Gasteiger partial charge in [-0.3, -0.25) is 19.4 Å². The molecule has 0 radical (unpaired) electrons. The first-order valence-electron chi connectivity index (χ1n) is 18.4. The highest BCUT2D eigenvalue weighted by Crippen LogP contribution is 2.36. The van der Waals surface area contributed by atoms with Crippen LogP contribution in [0, 0.1) is 12.7 Å². The van der Waals surface area contributed by atoms with Crippen LogP contribution in [-0.4, -0.2) is 79.7 Å². The molecule has 11 heteroatoms. The fourth-order valence-corrected chi connectivity index (χ4v) is 8.00. The van der Waals surface area contributed by atoms with Gasteiger partial charge in [0.15, 0.2) is 0 Å². The molecule has 10 nitrogen and oxygen atoms in total. The number of aryl methyl sites for hydroxylation is 1. The molecular formula is C43H43FN6O4. The molecule has 3 aromatic carbocycles. The largest absolute Gasteiger partial charge is 0.508 e. The van der Waals surface area contributed by atoms with Crippen LogP contribution >= 0.6 is 0 Å². The van der Waals surface area contributed by atoms with Crippen LogP contribution < -0.4 is 4.90 Å². The standard InChI is InChI=1S/C43H43FN6O4/c1-4-48-28(2)38(43(53)50(33-10-12-36(51)13-11-33)34-22-30-15-16-46(3)41(30)45-25-34)24-40(48)39-23-32(44)9-14-37(39)42(52)49-26-31-8-6-5-7-29(31)21-35(49)27-47-17-19-54-20-18-47/h5-16,22-25,35,51H,4,17-21,26-27H2,1-3H3/t35-/m0/s1. The maximum atomic E-state index is 15.3. The van der Waals surface area contributed by atoms with E-state index in [-0.39, 0.29) is 23.6 Å². The summed E-state index contributed by atoms with van der Waals surface area (Å²) >= 11 is 0. The van der Waals surface area contributed by atoms with Crippen LogP contribution in [0.25, 0.3) is 22.3 Å². The summed E-state index contributed by atoms with van der Waals surface area (Å²) in [4.78, 5) is 40.2. The zero-order valence-corrected chi connectivity index (χ0v) is 30.7. The van der Waals surface area contributed by atoms with Gasteiger partial charge in [-0.05, 0) is 92.1 Å². The molecule has 6 aromatic rings. The van der Waals surface area contributed by atoms with E-state index in [2.05, 4.69) is 22.0 Å². The Balaban J connectivity index is 1.20. The molecule has 2 aliphatic heterocycles. The molecule has 0 unspecified atom stereocenters. The van der Waals surface area contributed by atoms with Gasteiger partial charge in [-0.25, -0.2) is 9.37 Å². The summed E-state index contributed by atoms with van der Waals surface area (Å²) in [5.41, 5.74) is 6.66. The number of rotatable bonds is 8. The third kappa shape index (κ3) is 6.54. The summed E-state index contributed by atoms with van der Waals surface area (Å²) in [6, 6.07) is 24.5. The maximum Gasteiger partial charge on any atom is 0.264 e. The number of hydrogen-bond acceptors (Lipinski definition) is 6. The number of nitrogens with zero attached hydrogens (tertiary/aromatic N) is 6. The van der Waals surface area contributed by atoms with Gasteiger partial charge in [0.2, 0.25) is 0 Å². The molecule has 1 saturated heterocycles. The van der Waals surface area contributed by atoms with Crippen LogP contribution in [0.3, 0.4) is 0 Å². The van der Waals surface area contributed by atoms with Crippen molar-refractivity contribution < 1.29 is 23.8 Å². The number of fused-ring (bicyclic) bond motifs is 2. The van der Waals surface area contributed by atoms with E-state index in [1.165, 1.54) is 29.8 Å². The lowest BCUT2D eigenvalue weighted by atomic mass is 9.92. The van der Waals surface area contributed by atoms with Crippen LogP contribution in [0.2, 0.25) is 0 Å². The van der Waals surface area contributed by atoms with Gasteiger partial charge in [0.05, 0.1) is 30.7 Å². The number of hydrogen-bond donors (Lipinski definition) is 1. The highest BCUT2D eigenvalue weighted by atomic mass is 19.1. The Kier molecular flexibility index (Phi) is 9.51. The summed E-state index contributed by atoms with van der Waals surface area (Å²) in [6.07, 6.45) is 4.29. The zero-order chi connectivity index (χ0) is 37.5.